The molecule has 0 N–H and O–H groups in total. The van der Waals surface area contributed by atoms with Crippen molar-refractivity contribution in [3.05, 3.63) is 62.9 Å². The molecule has 1 heterocycles. The first-order valence-electron chi connectivity index (χ1n) is 6.04. The normalized spacial score (nSPS) is 10.7. The number of benzene rings is 1. The Morgan fingerprint density at radius 1 is 0.947 bits per heavy atom. The Hall–Kier alpha value is -0.760. The number of hydrogen-bond donors (Lipinski definition) is 0. The quantitative estimate of drug-likeness (QED) is 0.705. The zero-order valence-electron chi connectivity index (χ0n) is 10.6. The van der Waals surface area contributed by atoms with Crippen LogP contribution in [0, 0.1) is 6.92 Å². The van der Waals surface area contributed by atoms with Gasteiger partial charge in [-0.3, -0.25) is 4.98 Å². The molecule has 1 aromatic carbocycles. The topological polar surface area (TPSA) is 12.9 Å². The van der Waals surface area contributed by atoms with Crippen molar-refractivity contribution in [2.75, 3.05) is 0 Å². The Morgan fingerprint density at radius 3 is 2.37 bits per heavy atom. The molecule has 1 aromatic heterocycles. The Bertz CT molecular complexity index is 582. The van der Waals surface area contributed by atoms with Gasteiger partial charge in [-0.2, -0.15) is 0 Å². The highest BCUT2D eigenvalue weighted by molar-refractivity contribution is 6.30. The number of halogens is 3. The van der Waals surface area contributed by atoms with E-state index >= 15 is 0 Å². The predicted molar refractivity (Wildman–Crippen MR) is 82.4 cm³/mol. The molecule has 4 heteroatoms. The molecule has 2 rings (SSSR count). The maximum absolute atomic E-state index is 6.04. The highest BCUT2D eigenvalue weighted by atomic mass is 35.5. The van der Waals surface area contributed by atoms with E-state index in [1.165, 1.54) is 5.56 Å². The van der Waals surface area contributed by atoms with Crippen molar-refractivity contribution < 1.29 is 0 Å². The van der Waals surface area contributed by atoms with Crippen LogP contribution in [0.5, 0.6) is 0 Å². The minimum Gasteiger partial charge on any atom is -0.260 e. The lowest BCUT2D eigenvalue weighted by Crippen LogP contribution is -1.99. The summed E-state index contributed by atoms with van der Waals surface area (Å²) < 4.78 is 0. The van der Waals surface area contributed by atoms with Gasteiger partial charge in [0.1, 0.15) is 0 Å². The Labute approximate surface area is 128 Å². The number of nitrogens with zero attached hydrogens (tertiary/aromatic N) is 1. The molecule has 0 fully saturated rings. The third-order valence-corrected chi connectivity index (χ3v) is 3.86. The third kappa shape index (κ3) is 3.85. The molecule has 1 nitrogen and oxygen atoms in total. The van der Waals surface area contributed by atoms with E-state index in [0.717, 1.165) is 34.7 Å². The lowest BCUT2D eigenvalue weighted by Gasteiger charge is -2.09. The van der Waals surface area contributed by atoms with Crippen molar-refractivity contribution >= 4 is 34.8 Å². The number of aromatic nitrogens is 1. The maximum atomic E-state index is 6.04. The van der Waals surface area contributed by atoms with Gasteiger partial charge in [-0.15, -0.1) is 11.6 Å². The van der Waals surface area contributed by atoms with Crippen molar-refractivity contribution in [2.45, 2.75) is 25.6 Å². The third-order valence-electron chi connectivity index (χ3n) is 3.13. The van der Waals surface area contributed by atoms with Crippen LogP contribution in [0.15, 0.2) is 30.5 Å². The minimum atomic E-state index is 0.499. The van der Waals surface area contributed by atoms with Gasteiger partial charge in [-0.1, -0.05) is 29.3 Å². The fourth-order valence-electron chi connectivity index (χ4n) is 2.03. The van der Waals surface area contributed by atoms with E-state index in [4.69, 9.17) is 34.8 Å². The lowest BCUT2D eigenvalue weighted by molar-refractivity contribution is 0.920. The second-order valence-electron chi connectivity index (χ2n) is 4.44. The van der Waals surface area contributed by atoms with E-state index in [0.29, 0.717) is 10.9 Å². The first kappa shape index (κ1) is 14.6. The first-order chi connectivity index (χ1) is 9.10. The molecule has 19 heavy (non-hydrogen) atoms. The number of aryl methyl sites for hydroxylation is 3. The summed E-state index contributed by atoms with van der Waals surface area (Å²) in [4.78, 5) is 4.27. The standard InChI is InChI=1S/C15H14Cl3N/c1-10-11(6-15(18)9-19-10)2-3-12-7-14(17)5-4-13(12)8-16/h4-7,9H,2-3,8H2,1H3. The average molecular weight is 315 g/mol. The largest absolute Gasteiger partial charge is 0.260 e. The van der Waals surface area contributed by atoms with E-state index in [2.05, 4.69) is 4.98 Å². The lowest BCUT2D eigenvalue weighted by atomic mass is 10.00. The summed E-state index contributed by atoms with van der Waals surface area (Å²) >= 11 is 18.0. The van der Waals surface area contributed by atoms with Crippen LogP contribution in [0.4, 0.5) is 0 Å². The zero-order valence-corrected chi connectivity index (χ0v) is 12.9. The molecule has 0 bridgehead atoms. The van der Waals surface area contributed by atoms with Crippen LogP contribution in [0.3, 0.4) is 0 Å². The Kier molecular flexibility index (Phi) is 5.09. The summed E-state index contributed by atoms with van der Waals surface area (Å²) in [6.07, 6.45) is 3.43. The summed E-state index contributed by atoms with van der Waals surface area (Å²) in [5.74, 6) is 0.499. The van der Waals surface area contributed by atoms with Crippen molar-refractivity contribution in [1.82, 2.24) is 4.98 Å². The van der Waals surface area contributed by atoms with Gasteiger partial charge in [0.05, 0.1) is 5.02 Å². The highest BCUT2D eigenvalue weighted by Gasteiger charge is 2.06. The van der Waals surface area contributed by atoms with E-state index in [1.54, 1.807) is 6.20 Å². The number of rotatable bonds is 4. The molecule has 0 saturated carbocycles. The highest BCUT2D eigenvalue weighted by Crippen LogP contribution is 2.21. The minimum absolute atomic E-state index is 0.499. The Morgan fingerprint density at radius 2 is 1.63 bits per heavy atom. The molecule has 0 aliphatic carbocycles. The number of hydrogen-bond acceptors (Lipinski definition) is 1. The Balaban J connectivity index is 2.18. The maximum Gasteiger partial charge on any atom is 0.0592 e. The van der Waals surface area contributed by atoms with Gasteiger partial charge in [-0.25, -0.2) is 0 Å². The molecule has 0 spiro atoms. The smallest absolute Gasteiger partial charge is 0.0592 e. The van der Waals surface area contributed by atoms with Gasteiger partial charge in [0.25, 0.3) is 0 Å². The van der Waals surface area contributed by atoms with E-state index < -0.39 is 0 Å². The van der Waals surface area contributed by atoms with Gasteiger partial charge in [0.15, 0.2) is 0 Å². The van der Waals surface area contributed by atoms with Gasteiger partial charge >= 0.3 is 0 Å². The molecule has 100 valence electrons. The predicted octanol–water partition coefficient (Wildman–Crippen LogP) is 5.22. The van der Waals surface area contributed by atoms with Crippen LogP contribution in [-0.2, 0) is 18.7 Å². The molecule has 2 aromatic rings. The summed E-state index contributed by atoms with van der Waals surface area (Å²) in [6, 6.07) is 7.80. The number of alkyl halides is 1. The zero-order chi connectivity index (χ0) is 13.8. The molecule has 0 aliphatic rings. The fourth-order valence-corrected chi connectivity index (χ4v) is 2.67. The van der Waals surface area contributed by atoms with Crippen molar-refractivity contribution in [3.8, 4) is 0 Å². The van der Waals surface area contributed by atoms with Gasteiger partial charge in [-0.05, 0) is 54.7 Å². The van der Waals surface area contributed by atoms with Gasteiger partial charge in [0, 0.05) is 22.8 Å². The van der Waals surface area contributed by atoms with E-state index in [-0.39, 0.29) is 0 Å². The SMILES string of the molecule is Cc1ncc(Cl)cc1CCc1cc(Cl)ccc1CCl. The van der Waals surface area contributed by atoms with Crippen molar-refractivity contribution in [3.63, 3.8) is 0 Å². The van der Waals surface area contributed by atoms with Gasteiger partial charge < -0.3 is 0 Å². The van der Waals surface area contributed by atoms with Crippen LogP contribution < -0.4 is 0 Å². The fraction of sp³-hybridized carbons (Fsp3) is 0.267. The second kappa shape index (κ2) is 6.60. The molecular formula is C15H14Cl3N. The summed E-state index contributed by atoms with van der Waals surface area (Å²) in [6.45, 7) is 1.99. The summed E-state index contributed by atoms with van der Waals surface area (Å²) in [5.41, 5.74) is 4.48. The average Bonchev–Trinajstić information content (AvgIpc) is 2.40. The summed E-state index contributed by atoms with van der Waals surface area (Å²) in [5, 5.41) is 1.41. The molecule has 0 saturated heterocycles. The molecule has 0 atom stereocenters. The van der Waals surface area contributed by atoms with Gasteiger partial charge in [0.2, 0.25) is 0 Å². The summed E-state index contributed by atoms with van der Waals surface area (Å²) in [7, 11) is 0. The number of pyridine rings is 1. The van der Waals surface area contributed by atoms with E-state index in [1.807, 2.05) is 31.2 Å². The second-order valence-corrected chi connectivity index (χ2v) is 5.58. The molecule has 0 unspecified atom stereocenters. The van der Waals surface area contributed by atoms with Crippen LogP contribution in [0.25, 0.3) is 0 Å². The van der Waals surface area contributed by atoms with Crippen LogP contribution >= 0.6 is 34.8 Å². The van der Waals surface area contributed by atoms with Crippen LogP contribution in [0.1, 0.15) is 22.4 Å². The van der Waals surface area contributed by atoms with Crippen molar-refractivity contribution in [1.29, 1.82) is 0 Å². The molecular weight excluding hydrogens is 301 g/mol. The molecule has 0 amide bonds. The van der Waals surface area contributed by atoms with Crippen molar-refractivity contribution in [2.24, 2.45) is 0 Å². The van der Waals surface area contributed by atoms with E-state index in [9.17, 15) is 0 Å². The monoisotopic (exact) mass is 313 g/mol. The first-order valence-corrected chi connectivity index (χ1v) is 7.33. The van der Waals surface area contributed by atoms with Crippen LogP contribution in [0.2, 0.25) is 10.0 Å². The molecule has 0 aliphatic heterocycles. The van der Waals surface area contributed by atoms with Crippen LogP contribution in [-0.4, -0.2) is 4.98 Å². The molecule has 0 radical (unpaired) electrons.